The highest BCUT2D eigenvalue weighted by Gasteiger charge is 2.22. The van der Waals surface area contributed by atoms with E-state index in [2.05, 4.69) is 43.4 Å². The van der Waals surface area contributed by atoms with Crippen LogP contribution >= 0.6 is 0 Å². The molecule has 1 aromatic carbocycles. The van der Waals surface area contributed by atoms with Gasteiger partial charge in [0.15, 0.2) is 12.1 Å². The maximum absolute atomic E-state index is 11.1. The molecular formula is C23H34N2O3. The molecule has 2 N–H and O–H groups in total. The van der Waals surface area contributed by atoms with Crippen molar-refractivity contribution in [2.45, 2.75) is 60.6 Å². The first kappa shape index (κ1) is 23.6. The van der Waals surface area contributed by atoms with E-state index in [1.54, 1.807) is 18.2 Å². The maximum atomic E-state index is 11.1. The van der Waals surface area contributed by atoms with Crippen LogP contribution in [0.3, 0.4) is 0 Å². The lowest BCUT2D eigenvalue weighted by molar-refractivity contribution is 0.0595. The molecule has 2 rings (SSSR count). The van der Waals surface area contributed by atoms with Crippen LogP contribution in [0.25, 0.3) is 0 Å². The molecule has 0 saturated carbocycles. The Bertz CT molecular complexity index is 720. The molecule has 0 radical (unpaired) electrons. The van der Waals surface area contributed by atoms with Crippen molar-refractivity contribution in [3.8, 4) is 0 Å². The lowest BCUT2D eigenvalue weighted by Gasteiger charge is -2.11. The van der Waals surface area contributed by atoms with E-state index in [1.807, 2.05) is 32.9 Å². The number of nitrogens with one attached hydrogen (secondary N) is 1. The number of carboxylic acids is 1. The standard InChI is InChI=1S/C21H28N2O3.C2H6/c1-5-16(9-6-8-15(4)12-14(2)3)20-22-19(23-26-20)17-10-7-11-18(13-17)21(24)25;1-2/h5-8,10-11,13-15,20H,9,12H2,1-4H3,(H,22,23)(H,24,25);1-2H3/b8-6-,16-5+;. The van der Waals surface area contributed by atoms with Crippen molar-refractivity contribution in [3.05, 3.63) is 59.2 Å². The summed E-state index contributed by atoms with van der Waals surface area (Å²) < 4.78 is 0. The molecule has 2 unspecified atom stereocenters. The monoisotopic (exact) mass is 386 g/mol. The number of hydrogen-bond donors (Lipinski definition) is 2. The number of hydrogen-bond acceptors (Lipinski definition) is 4. The Morgan fingerprint density at radius 3 is 2.64 bits per heavy atom. The van der Waals surface area contributed by atoms with Crippen LogP contribution < -0.4 is 5.48 Å². The number of aromatic carboxylic acids is 1. The number of nitrogens with zero attached hydrogens (tertiary/aromatic N) is 1. The summed E-state index contributed by atoms with van der Waals surface area (Å²) in [5.41, 5.74) is 4.81. The first-order chi connectivity index (χ1) is 13.4. The number of hydroxylamine groups is 1. The van der Waals surface area contributed by atoms with Crippen molar-refractivity contribution in [3.63, 3.8) is 0 Å². The molecule has 0 spiro atoms. The van der Waals surface area contributed by atoms with E-state index in [0.29, 0.717) is 23.2 Å². The molecule has 1 heterocycles. The minimum atomic E-state index is -0.960. The lowest BCUT2D eigenvalue weighted by Crippen LogP contribution is -2.20. The third-order valence-electron chi connectivity index (χ3n) is 4.25. The third kappa shape index (κ3) is 7.31. The summed E-state index contributed by atoms with van der Waals surface area (Å²) in [7, 11) is 0. The molecule has 1 aromatic rings. The van der Waals surface area contributed by atoms with Gasteiger partial charge in [-0.1, -0.05) is 65.0 Å². The molecule has 0 aliphatic carbocycles. The SMILES string of the molecule is C/C=C(\C/C=C\C(C)CC(C)C)C1N=C(c2cccc(C(=O)O)c2)NO1.CC. The summed E-state index contributed by atoms with van der Waals surface area (Å²) in [4.78, 5) is 21.3. The van der Waals surface area contributed by atoms with Crippen LogP contribution in [-0.2, 0) is 4.84 Å². The highest BCUT2D eigenvalue weighted by atomic mass is 16.7. The van der Waals surface area contributed by atoms with Crippen molar-refractivity contribution in [1.82, 2.24) is 5.48 Å². The molecule has 2 atom stereocenters. The number of rotatable bonds is 8. The summed E-state index contributed by atoms with van der Waals surface area (Å²) in [6, 6.07) is 6.65. The average Bonchev–Trinajstić information content (AvgIpc) is 3.16. The van der Waals surface area contributed by atoms with Crippen molar-refractivity contribution in [2.24, 2.45) is 16.8 Å². The second-order valence-electron chi connectivity index (χ2n) is 7.04. The predicted octanol–water partition coefficient (Wildman–Crippen LogP) is 5.59. The van der Waals surface area contributed by atoms with Gasteiger partial charge in [0.05, 0.1) is 5.56 Å². The summed E-state index contributed by atoms with van der Waals surface area (Å²) in [6.45, 7) is 12.7. The molecule has 154 valence electrons. The molecule has 5 heteroatoms. The number of amidine groups is 1. The number of allylic oxidation sites excluding steroid dienone is 3. The Morgan fingerprint density at radius 2 is 2.04 bits per heavy atom. The number of carbonyl (C=O) groups is 1. The third-order valence-corrected chi connectivity index (χ3v) is 4.25. The second kappa shape index (κ2) is 12.1. The largest absolute Gasteiger partial charge is 0.478 e. The van der Waals surface area contributed by atoms with Crippen molar-refractivity contribution in [1.29, 1.82) is 0 Å². The second-order valence-corrected chi connectivity index (χ2v) is 7.04. The molecule has 0 amide bonds. The summed E-state index contributed by atoms with van der Waals surface area (Å²) in [5.74, 6) is 0.827. The van der Waals surface area contributed by atoms with Gasteiger partial charge in [-0.3, -0.25) is 0 Å². The van der Waals surface area contributed by atoms with Gasteiger partial charge in [0.1, 0.15) is 0 Å². The summed E-state index contributed by atoms with van der Waals surface area (Å²) in [5, 5.41) is 9.12. The molecule has 0 fully saturated rings. The zero-order chi connectivity index (χ0) is 21.1. The van der Waals surface area contributed by atoms with Crippen molar-refractivity contribution < 1.29 is 14.7 Å². The minimum absolute atomic E-state index is 0.226. The molecule has 1 aliphatic heterocycles. The fourth-order valence-electron chi connectivity index (χ4n) is 2.99. The first-order valence-corrected chi connectivity index (χ1v) is 10.1. The van der Waals surface area contributed by atoms with E-state index >= 15 is 0 Å². The van der Waals surface area contributed by atoms with E-state index in [1.165, 1.54) is 6.42 Å². The van der Waals surface area contributed by atoms with E-state index in [4.69, 9.17) is 9.94 Å². The fourth-order valence-corrected chi connectivity index (χ4v) is 2.99. The van der Waals surface area contributed by atoms with Crippen LogP contribution in [0.4, 0.5) is 0 Å². The van der Waals surface area contributed by atoms with Crippen LogP contribution in [0.1, 0.15) is 70.3 Å². The summed E-state index contributed by atoms with van der Waals surface area (Å²) >= 11 is 0. The van der Waals surface area contributed by atoms with Gasteiger partial charge in [0.25, 0.3) is 0 Å². The van der Waals surface area contributed by atoms with E-state index < -0.39 is 12.2 Å². The number of aliphatic imine (C=N–C) groups is 1. The molecule has 0 aromatic heterocycles. The molecule has 28 heavy (non-hydrogen) atoms. The number of carboxylic acid groups (broad SMARTS) is 1. The van der Waals surface area contributed by atoms with Crippen LogP contribution in [0.5, 0.6) is 0 Å². The van der Waals surface area contributed by atoms with Gasteiger partial charge < -0.3 is 5.11 Å². The predicted molar refractivity (Wildman–Crippen MR) is 115 cm³/mol. The highest BCUT2D eigenvalue weighted by Crippen LogP contribution is 2.20. The van der Waals surface area contributed by atoms with E-state index in [0.717, 1.165) is 12.0 Å². The van der Waals surface area contributed by atoms with E-state index in [9.17, 15) is 4.79 Å². The topological polar surface area (TPSA) is 70.9 Å². The van der Waals surface area contributed by atoms with Gasteiger partial charge in [-0.05, 0) is 49.3 Å². The van der Waals surface area contributed by atoms with Gasteiger partial charge in [0.2, 0.25) is 0 Å². The average molecular weight is 387 g/mol. The lowest BCUT2D eigenvalue weighted by atomic mass is 9.98. The van der Waals surface area contributed by atoms with Crippen LogP contribution in [0, 0.1) is 11.8 Å². The zero-order valence-electron chi connectivity index (χ0n) is 17.9. The fraction of sp³-hybridized carbons (Fsp3) is 0.478. The highest BCUT2D eigenvalue weighted by molar-refractivity contribution is 6.01. The molecule has 1 aliphatic rings. The Hall–Kier alpha value is -2.40. The summed E-state index contributed by atoms with van der Waals surface area (Å²) in [6.07, 6.45) is 7.98. The van der Waals surface area contributed by atoms with Gasteiger partial charge in [-0.25, -0.2) is 20.1 Å². The van der Waals surface area contributed by atoms with Crippen molar-refractivity contribution in [2.75, 3.05) is 0 Å². The minimum Gasteiger partial charge on any atom is -0.478 e. The Kier molecular flexibility index (Phi) is 10.2. The molecule has 0 saturated heterocycles. The smallest absolute Gasteiger partial charge is 0.335 e. The van der Waals surface area contributed by atoms with Gasteiger partial charge in [-0.15, -0.1) is 0 Å². The van der Waals surface area contributed by atoms with Crippen molar-refractivity contribution >= 4 is 11.8 Å². The van der Waals surface area contributed by atoms with Crippen LogP contribution in [0.15, 0.2) is 53.1 Å². The quantitative estimate of drug-likeness (QED) is 0.571. The Morgan fingerprint density at radius 1 is 1.32 bits per heavy atom. The number of benzene rings is 1. The van der Waals surface area contributed by atoms with E-state index in [-0.39, 0.29) is 5.56 Å². The van der Waals surface area contributed by atoms with Crippen LogP contribution in [-0.4, -0.2) is 23.1 Å². The normalized spacial score (nSPS) is 17.8. The molecular weight excluding hydrogens is 352 g/mol. The van der Waals surface area contributed by atoms with Crippen LogP contribution in [0.2, 0.25) is 0 Å². The van der Waals surface area contributed by atoms with Gasteiger partial charge in [0, 0.05) is 5.56 Å². The van der Waals surface area contributed by atoms with Gasteiger partial charge in [-0.2, -0.15) is 0 Å². The Labute approximate surface area is 169 Å². The van der Waals surface area contributed by atoms with Gasteiger partial charge >= 0.3 is 5.97 Å². The zero-order valence-corrected chi connectivity index (χ0v) is 17.9. The Balaban J connectivity index is 0.00000190. The molecule has 0 bridgehead atoms. The molecule has 5 nitrogen and oxygen atoms in total. The maximum Gasteiger partial charge on any atom is 0.335 e. The first-order valence-electron chi connectivity index (χ1n) is 10.1.